The molecule has 1 fully saturated rings. The SMILES string of the molecule is Cc1ccc(OCc2nnc(SCC3CCCN(C)C3)o2)cc1. The van der Waals surface area contributed by atoms with E-state index in [0.717, 1.165) is 18.0 Å². The Kier molecular flexibility index (Phi) is 5.56. The summed E-state index contributed by atoms with van der Waals surface area (Å²) in [6.45, 7) is 4.73. The van der Waals surface area contributed by atoms with Gasteiger partial charge < -0.3 is 14.1 Å². The zero-order valence-corrected chi connectivity index (χ0v) is 14.5. The van der Waals surface area contributed by atoms with Crippen LogP contribution in [-0.2, 0) is 6.61 Å². The average Bonchev–Trinajstić information content (AvgIpc) is 3.00. The summed E-state index contributed by atoms with van der Waals surface area (Å²) >= 11 is 1.65. The monoisotopic (exact) mass is 333 g/mol. The van der Waals surface area contributed by atoms with Crippen LogP contribution in [0, 0.1) is 12.8 Å². The highest BCUT2D eigenvalue weighted by atomic mass is 32.2. The lowest BCUT2D eigenvalue weighted by Crippen LogP contribution is -2.33. The minimum absolute atomic E-state index is 0.308. The van der Waals surface area contributed by atoms with Gasteiger partial charge in [-0.15, -0.1) is 10.2 Å². The zero-order chi connectivity index (χ0) is 16.1. The van der Waals surface area contributed by atoms with Crippen LogP contribution in [0.15, 0.2) is 33.9 Å². The summed E-state index contributed by atoms with van der Waals surface area (Å²) in [6, 6.07) is 7.93. The number of aromatic nitrogens is 2. The number of nitrogens with zero attached hydrogens (tertiary/aromatic N) is 3. The Morgan fingerprint density at radius 1 is 1.30 bits per heavy atom. The second kappa shape index (κ2) is 7.84. The van der Waals surface area contributed by atoms with E-state index >= 15 is 0 Å². The molecule has 5 nitrogen and oxygen atoms in total. The van der Waals surface area contributed by atoms with Gasteiger partial charge in [-0.1, -0.05) is 29.5 Å². The molecular weight excluding hydrogens is 310 g/mol. The highest BCUT2D eigenvalue weighted by Crippen LogP contribution is 2.25. The van der Waals surface area contributed by atoms with Gasteiger partial charge in [0.2, 0.25) is 0 Å². The summed E-state index contributed by atoms with van der Waals surface area (Å²) in [5.41, 5.74) is 1.21. The van der Waals surface area contributed by atoms with Crippen LogP contribution in [0.1, 0.15) is 24.3 Å². The van der Waals surface area contributed by atoms with Gasteiger partial charge in [0, 0.05) is 12.3 Å². The number of ether oxygens (including phenoxy) is 1. The van der Waals surface area contributed by atoms with Crippen molar-refractivity contribution in [3.63, 3.8) is 0 Å². The van der Waals surface area contributed by atoms with Crippen LogP contribution < -0.4 is 4.74 Å². The van der Waals surface area contributed by atoms with E-state index in [0.29, 0.717) is 23.6 Å². The van der Waals surface area contributed by atoms with Crippen LogP contribution in [0.3, 0.4) is 0 Å². The molecule has 1 atom stereocenters. The third-order valence-electron chi connectivity index (χ3n) is 4.00. The van der Waals surface area contributed by atoms with Gasteiger partial charge in [-0.3, -0.25) is 0 Å². The third kappa shape index (κ3) is 4.97. The third-order valence-corrected chi connectivity index (χ3v) is 5.05. The fraction of sp³-hybridized carbons (Fsp3) is 0.529. The van der Waals surface area contributed by atoms with E-state index < -0.39 is 0 Å². The molecule has 1 aliphatic rings. The molecular formula is C17H23N3O2S. The largest absolute Gasteiger partial charge is 0.484 e. The Morgan fingerprint density at radius 3 is 2.91 bits per heavy atom. The van der Waals surface area contributed by atoms with Crippen LogP contribution in [0.4, 0.5) is 0 Å². The standard InChI is InChI=1S/C17H23N3O2S/c1-13-5-7-15(8-6-13)21-11-16-18-19-17(22-16)23-12-14-4-3-9-20(2)10-14/h5-8,14H,3-4,9-12H2,1-2H3. The number of benzene rings is 1. The smallest absolute Gasteiger partial charge is 0.276 e. The predicted molar refractivity (Wildman–Crippen MR) is 90.8 cm³/mol. The number of hydrogen-bond acceptors (Lipinski definition) is 6. The fourth-order valence-corrected chi connectivity index (χ4v) is 3.64. The van der Waals surface area contributed by atoms with Gasteiger partial charge >= 0.3 is 0 Å². The number of piperidine rings is 1. The number of likely N-dealkylation sites (tertiary alicyclic amines) is 1. The van der Waals surface area contributed by atoms with Crippen LogP contribution in [0.25, 0.3) is 0 Å². The van der Waals surface area contributed by atoms with Crippen molar-refractivity contribution in [2.75, 3.05) is 25.9 Å². The van der Waals surface area contributed by atoms with Crippen molar-refractivity contribution in [1.29, 1.82) is 0 Å². The Bertz CT molecular complexity index is 615. The summed E-state index contributed by atoms with van der Waals surface area (Å²) in [7, 11) is 2.18. The highest BCUT2D eigenvalue weighted by molar-refractivity contribution is 7.99. The Hall–Kier alpha value is -1.53. The Labute approximate surface area is 141 Å². The Balaban J connectivity index is 1.45. The van der Waals surface area contributed by atoms with Crippen LogP contribution in [-0.4, -0.2) is 41.0 Å². The van der Waals surface area contributed by atoms with Gasteiger partial charge in [-0.05, 0) is 51.4 Å². The molecule has 0 amide bonds. The number of thioether (sulfide) groups is 1. The molecule has 1 aromatic heterocycles. The molecule has 0 spiro atoms. The van der Waals surface area contributed by atoms with E-state index in [4.69, 9.17) is 9.15 Å². The maximum Gasteiger partial charge on any atom is 0.276 e. The van der Waals surface area contributed by atoms with Crippen molar-refractivity contribution in [1.82, 2.24) is 15.1 Å². The van der Waals surface area contributed by atoms with E-state index in [1.807, 2.05) is 24.3 Å². The lowest BCUT2D eigenvalue weighted by atomic mass is 10.0. The maximum atomic E-state index is 5.66. The molecule has 1 aliphatic heterocycles. The van der Waals surface area contributed by atoms with Gasteiger partial charge in [-0.25, -0.2) is 0 Å². The molecule has 1 aromatic carbocycles. The first-order valence-electron chi connectivity index (χ1n) is 8.02. The van der Waals surface area contributed by atoms with E-state index in [1.54, 1.807) is 11.8 Å². The molecule has 0 radical (unpaired) electrons. The van der Waals surface area contributed by atoms with Gasteiger partial charge in [0.1, 0.15) is 5.75 Å². The van der Waals surface area contributed by atoms with Crippen LogP contribution in [0.5, 0.6) is 5.75 Å². The zero-order valence-electron chi connectivity index (χ0n) is 13.7. The maximum absolute atomic E-state index is 5.66. The van der Waals surface area contributed by atoms with Crippen molar-refractivity contribution >= 4 is 11.8 Å². The molecule has 0 N–H and O–H groups in total. The van der Waals surface area contributed by atoms with Crippen LogP contribution >= 0.6 is 11.8 Å². The van der Waals surface area contributed by atoms with E-state index in [2.05, 4.69) is 29.1 Å². The summed E-state index contributed by atoms with van der Waals surface area (Å²) in [6.07, 6.45) is 2.57. The van der Waals surface area contributed by atoms with Gasteiger partial charge in [0.05, 0.1) is 0 Å². The minimum atomic E-state index is 0.308. The van der Waals surface area contributed by atoms with E-state index in [-0.39, 0.29) is 0 Å². The van der Waals surface area contributed by atoms with Crippen LogP contribution in [0.2, 0.25) is 0 Å². The van der Waals surface area contributed by atoms with E-state index in [9.17, 15) is 0 Å². The fourth-order valence-electron chi connectivity index (χ4n) is 2.73. The summed E-state index contributed by atoms with van der Waals surface area (Å²) < 4.78 is 11.3. The van der Waals surface area contributed by atoms with Crippen molar-refractivity contribution in [2.45, 2.75) is 31.6 Å². The molecule has 3 rings (SSSR count). The average molecular weight is 333 g/mol. The predicted octanol–water partition coefficient (Wildman–Crippen LogP) is 3.39. The molecule has 1 saturated heterocycles. The quantitative estimate of drug-likeness (QED) is 0.755. The first-order valence-corrected chi connectivity index (χ1v) is 9.01. The second-order valence-electron chi connectivity index (χ2n) is 6.14. The molecule has 23 heavy (non-hydrogen) atoms. The van der Waals surface area contributed by atoms with Gasteiger partial charge in [0.25, 0.3) is 11.1 Å². The number of hydrogen-bond donors (Lipinski definition) is 0. The molecule has 0 bridgehead atoms. The van der Waals surface area contributed by atoms with Crippen molar-refractivity contribution in [3.8, 4) is 5.75 Å². The lowest BCUT2D eigenvalue weighted by molar-refractivity contribution is 0.224. The number of rotatable bonds is 6. The molecule has 6 heteroatoms. The first kappa shape index (κ1) is 16.3. The minimum Gasteiger partial charge on any atom is -0.484 e. The van der Waals surface area contributed by atoms with Crippen molar-refractivity contribution < 1.29 is 9.15 Å². The molecule has 2 heterocycles. The second-order valence-corrected chi connectivity index (χ2v) is 7.12. The number of aryl methyl sites for hydroxylation is 1. The summed E-state index contributed by atoms with van der Waals surface area (Å²) in [4.78, 5) is 2.39. The van der Waals surface area contributed by atoms with E-state index in [1.165, 1.54) is 24.9 Å². The molecule has 2 aromatic rings. The normalized spacial score (nSPS) is 19.0. The Morgan fingerprint density at radius 2 is 2.13 bits per heavy atom. The van der Waals surface area contributed by atoms with Gasteiger partial charge in [-0.2, -0.15) is 0 Å². The molecule has 1 unspecified atom stereocenters. The van der Waals surface area contributed by atoms with Crippen molar-refractivity contribution in [2.24, 2.45) is 5.92 Å². The lowest BCUT2D eigenvalue weighted by Gasteiger charge is -2.28. The van der Waals surface area contributed by atoms with Crippen molar-refractivity contribution in [3.05, 3.63) is 35.7 Å². The van der Waals surface area contributed by atoms with Gasteiger partial charge in [0.15, 0.2) is 6.61 Å². The topological polar surface area (TPSA) is 51.4 Å². The first-order chi connectivity index (χ1) is 11.2. The highest BCUT2D eigenvalue weighted by Gasteiger charge is 2.18. The summed E-state index contributed by atoms with van der Waals surface area (Å²) in [5.74, 6) is 3.07. The summed E-state index contributed by atoms with van der Waals surface area (Å²) in [5, 5.41) is 8.79. The molecule has 0 aliphatic carbocycles. The molecule has 124 valence electrons. The molecule has 0 saturated carbocycles.